The van der Waals surface area contributed by atoms with Gasteiger partial charge >= 0.3 is 12.0 Å². The van der Waals surface area contributed by atoms with Crippen molar-refractivity contribution in [2.45, 2.75) is 36.8 Å². The fourth-order valence-electron chi connectivity index (χ4n) is 5.08. The Morgan fingerprint density at radius 3 is 2.23 bits per heavy atom. The van der Waals surface area contributed by atoms with Gasteiger partial charge in [0.25, 0.3) is 0 Å². The second kappa shape index (κ2) is 7.92. The number of rotatable bonds is 4. The summed E-state index contributed by atoms with van der Waals surface area (Å²) in [5.41, 5.74) is 1.65. The highest BCUT2D eigenvalue weighted by atomic mass is 16.5. The zero-order valence-corrected chi connectivity index (χ0v) is 18.5. The molecule has 1 saturated carbocycles. The molecule has 0 bridgehead atoms. The summed E-state index contributed by atoms with van der Waals surface area (Å²) in [7, 11) is 7.45. The van der Waals surface area contributed by atoms with E-state index in [1.165, 1.54) is 25.1 Å². The molecule has 2 aromatic rings. The quantitative estimate of drug-likeness (QED) is 0.704. The molecule has 8 nitrogen and oxygen atoms in total. The number of benzene rings is 1. The van der Waals surface area contributed by atoms with Gasteiger partial charge in [-0.15, -0.1) is 0 Å². The van der Waals surface area contributed by atoms with Crippen LogP contribution in [0.2, 0.25) is 0 Å². The number of carbonyl (C=O) groups excluding carboxylic acids is 2. The molecule has 2 aliphatic rings. The lowest BCUT2D eigenvalue weighted by atomic mass is 9.68. The maximum atomic E-state index is 13.1. The SMILES string of the molecule is COC(=O)c1ncc(N2CC3(CCC(c4ccccc4)(N(C)C)CC3)N(C)C2=O)cn1. The lowest BCUT2D eigenvalue weighted by Crippen LogP contribution is -2.54. The van der Waals surface area contributed by atoms with Gasteiger partial charge in [-0.25, -0.2) is 19.6 Å². The van der Waals surface area contributed by atoms with Crippen LogP contribution in [0.15, 0.2) is 42.7 Å². The number of aromatic nitrogens is 2. The standard InChI is InChI=1S/C23H29N5O3/c1-26(2)23(17-8-6-5-7-9-17)12-10-22(11-13-23)16-28(21(30)27(22)3)18-14-24-19(25-15-18)20(29)31-4/h5-9,14-15H,10-13,16H2,1-4H3. The van der Waals surface area contributed by atoms with Crippen molar-refractivity contribution in [3.63, 3.8) is 0 Å². The third-order valence-electron chi connectivity index (χ3n) is 7.17. The third kappa shape index (κ3) is 3.44. The first kappa shape index (κ1) is 21.2. The van der Waals surface area contributed by atoms with Crippen LogP contribution in [0.1, 0.15) is 41.9 Å². The van der Waals surface area contributed by atoms with Crippen molar-refractivity contribution >= 4 is 17.7 Å². The minimum absolute atomic E-state index is 0.0164. The van der Waals surface area contributed by atoms with Gasteiger partial charge in [-0.1, -0.05) is 30.3 Å². The van der Waals surface area contributed by atoms with E-state index >= 15 is 0 Å². The van der Waals surface area contributed by atoms with Crippen molar-refractivity contribution in [3.8, 4) is 0 Å². The number of methoxy groups -OCH3 is 1. The normalized spacial score (nSPS) is 26.0. The van der Waals surface area contributed by atoms with Gasteiger partial charge in [0.1, 0.15) is 0 Å². The van der Waals surface area contributed by atoms with E-state index in [0.29, 0.717) is 12.2 Å². The Labute approximate surface area is 182 Å². The van der Waals surface area contributed by atoms with E-state index in [1.807, 2.05) is 18.0 Å². The van der Waals surface area contributed by atoms with E-state index < -0.39 is 5.97 Å². The zero-order chi connectivity index (χ0) is 22.2. The van der Waals surface area contributed by atoms with E-state index in [-0.39, 0.29) is 22.9 Å². The predicted octanol–water partition coefficient (Wildman–Crippen LogP) is 2.90. The highest BCUT2D eigenvalue weighted by Gasteiger charge is 2.53. The monoisotopic (exact) mass is 423 g/mol. The Bertz CT molecular complexity index is 953. The van der Waals surface area contributed by atoms with Gasteiger partial charge in [-0.3, -0.25) is 9.80 Å². The minimum atomic E-state index is -0.596. The number of likely N-dealkylation sites (N-methyl/N-ethyl adjacent to an activating group) is 1. The van der Waals surface area contributed by atoms with Crippen molar-refractivity contribution in [1.29, 1.82) is 0 Å². The summed E-state index contributed by atoms with van der Waals surface area (Å²) in [4.78, 5) is 38.8. The highest BCUT2D eigenvalue weighted by Crippen LogP contribution is 2.48. The summed E-state index contributed by atoms with van der Waals surface area (Å²) in [6, 6.07) is 10.6. The summed E-state index contributed by atoms with van der Waals surface area (Å²) in [5.74, 6) is -0.613. The number of nitrogens with zero attached hydrogens (tertiary/aromatic N) is 5. The topological polar surface area (TPSA) is 78.9 Å². The summed E-state index contributed by atoms with van der Waals surface area (Å²) in [5, 5.41) is 0. The summed E-state index contributed by atoms with van der Waals surface area (Å²) in [6.07, 6.45) is 6.77. The lowest BCUT2D eigenvalue weighted by molar-refractivity contribution is 0.0340. The molecule has 1 spiro atoms. The Hall–Kier alpha value is -3.00. The molecule has 0 unspecified atom stereocenters. The molecule has 1 aromatic carbocycles. The van der Waals surface area contributed by atoms with Crippen LogP contribution < -0.4 is 4.90 Å². The fraction of sp³-hybridized carbons (Fsp3) is 0.478. The number of amides is 2. The molecular formula is C23H29N5O3. The third-order valence-corrected chi connectivity index (χ3v) is 7.17. The van der Waals surface area contributed by atoms with Gasteiger partial charge in [-0.05, 0) is 45.3 Å². The van der Waals surface area contributed by atoms with Gasteiger partial charge in [-0.2, -0.15) is 0 Å². The smallest absolute Gasteiger partial charge is 0.376 e. The maximum Gasteiger partial charge on any atom is 0.376 e. The Morgan fingerprint density at radius 2 is 1.68 bits per heavy atom. The van der Waals surface area contributed by atoms with Gasteiger partial charge in [0.15, 0.2) is 0 Å². The molecule has 1 aromatic heterocycles. The molecular weight excluding hydrogens is 394 g/mol. The van der Waals surface area contributed by atoms with Gasteiger partial charge in [0.05, 0.1) is 37.3 Å². The summed E-state index contributed by atoms with van der Waals surface area (Å²) in [6.45, 7) is 0.585. The first-order valence-corrected chi connectivity index (χ1v) is 10.5. The van der Waals surface area contributed by atoms with E-state index in [4.69, 9.17) is 0 Å². The number of carbonyl (C=O) groups is 2. The first-order chi connectivity index (χ1) is 14.8. The van der Waals surface area contributed by atoms with Crippen LogP contribution in [0.25, 0.3) is 0 Å². The van der Waals surface area contributed by atoms with Crippen molar-refractivity contribution in [2.75, 3.05) is 39.7 Å². The van der Waals surface area contributed by atoms with E-state index in [0.717, 1.165) is 25.7 Å². The molecule has 2 fully saturated rings. The number of anilines is 1. The maximum absolute atomic E-state index is 13.1. The molecule has 1 saturated heterocycles. The first-order valence-electron chi connectivity index (χ1n) is 10.5. The molecule has 31 heavy (non-hydrogen) atoms. The van der Waals surface area contributed by atoms with Crippen molar-refractivity contribution in [2.24, 2.45) is 0 Å². The average Bonchev–Trinajstić information content (AvgIpc) is 3.05. The van der Waals surface area contributed by atoms with E-state index in [9.17, 15) is 9.59 Å². The zero-order valence-electron chi connectivity index (χ0n) is 18.5. The van der Waals surface area contributed by atoms with Gasteiger partial charge in [0.2, 0.25) is 5.82 Å². The van der Waals surface area contributed by atoms with Crippen LogP contribution >= 0.6 is 0 Å². The van der Waals surface area contributed by atoms with Crippen molar-refractivity contribution < 1.29 is 14.3 Å². The van der Waals surface area contributed by atoms with Crippen LogP contribution in [0.3, 0.4) is 0 Å². The Balaban J connectivity index is 1.56. The van der Waals surface area contributed by atoms with Crippen LogP contribution in [0.4, 0.5) is 10.5 Å². The van der Waals surface area contributed by atoms with Crippen molar-refractivity contribution in [1.82, 2.24) is 19.8 Å². The number of hydrogen-bond donors (Lipinski definition) is 0. The van der Waals surface area contributed by atoms with Gasteiger partial charge in [0, 0.05) is 12.6 Å². The second-order valence-electron chi connectivity index (χ2n) is 8.70. The Morgan fingerprint density at radius 1 is 1.06 bits per heavy atom. The molecule has 1 aliphatic heterocycles. The van der Waals surface area contributed by atoms with Gasteiger partial charge < -0.3 is 9.64 Å². The molecule has 1 aliphatic carbocycles. The van der Waals surface area contributed by atoms with Crippen LogP contribution in [-0.2, 0) is 10.3 Å². The summed E-state index contributed by atoms with van der Waals surface area (Å²) >= 11 is 0. The number of urea groups is 1. The largest absolute Gasteiger partial charge is 0.463 e. The highest BCUT2D eigenvalue weighted by molar-refractivity contribution is 5.95. The fourth-order valence-corrected chi connectivity index (χ4v) is 5.08. The lowest BCUT2D eigenvalue weighted by Gasteiger charge is -2.50. The number of ether oxygens (including phenoxy) is 1. The van der Waals surface area contributed by atoms with Crippen LogP contribution in [0.5, 0.6) is 0 Å². The van der Waals surface area contributed by atoms with E-state index in [2.05, 4.69) is 58.0 Å². The average molecular weight is 424 g/mol. The molecule has 8 heteroatoms. The number of hydrogen-bond acceptors (Lipinski definition) is 6. The number of esters is 1. The molecule has 4 rings (SSSR count). The Kier molecular flexibility index (Phi) is 5.43. The second-order valence-corrected chi connectivity index (χ2v) is 8.70. The molecule has 0 radical (unpaired) electrons. The van der Waals surface area contributed by atoms with Crippen LogP contribution in [0, 0.1) is 0 Å². The molecule has 164 valence electrons. The predicted molar refractivity (Wildman–Crippen MR) is 117 cm³/mol. The minimum Gasteiger partial charge on any atom is -0.463 e. The molecule has 2 amide bonds. The van der Waals surface area contributed by atoms with Crippen LogP contribution in [-0.4, -0.2) is 72.1 Å². The van der Waals surface area contributed by atoms with Crippen molar-refractivity contribution in [3.05, 3.63) is 54.1 Å². The summed E-state index contributed by atoms with van der Waals surface area (Å²) < 4.78 is 4.65. The molecule has 0 N–H and O–H groups in total. The van der Waals surface area contributed by atoms with E-state index in [1.54, 1.807) is 4.90 Å². The molecule has 0 atom stereocenters. The molecule has 2 heterocycles.